The van der Waals surface area contributed by atoms with E-state index in [0.717, 1.165) is 0 Å². The maximum absolute atomic E-state index is 2.41. The third-order valence-corrected chi connectivity index (χ3v) is 22.2. The highest BCUT2D eigenvalue weighted by molar-refractivity contribution is 5.08. The Hall–Kier alpha value is 0. The van der Waals surface area contributed by atoms with Crippen LogP contribution in [0.5, 0.6) is 0 Å². The van der Waals surface area contributed by atoms with Crippen molar-refractivity contribution < 1.29 is 0 Å². The maximum atomic E-state index is 2.41. The molecule has 0 aromatic heterocycles. The fourth-order valence-electron chi connectivity index (χ4n) is 16.8. The highest BCUT2D eigenvalue weighted by atomic mass is 14.6. The molecule has 0 rings (SSSR count). The zero-order valence-electron chi connectivity index (χ0n) is 61.1. The lowest BCUT2D eigenvalue weighted by molar-refractivity contribution is -0.140. The predicted octanol–water partition coefficient (Wildman–Crippen LogP) is 32.6. The van der Waals surface area contributed by atoms with Gasteiger partial charge in [-0.2, -0.15) is 0 Å². The first kappa shape index (κ1) is 84.0. The summed E-state index contributed by atoms with van der Waals surface area (Å²) >= 11 is 0. The molecule has 0 bridgehead atoms. The van der Waals surface area contributed by atoms with Gasteiger partial charge in [0.2, 0.25) is 0 Å². The van der Waals surface area contributed by atoms with E-state index in [1.807, 2.05) is 0 Å². The molecule has 0 amide bonds. The summed E-state index contributed by atoms with van der Waals surface area (Å²) < 4.78 is 0. The minimum Gasteiger partial charge on any atom is -0.0654 e. The smallest absolute Gasteiger partial charge is 0.0184 e. The van der Waals surface area contributed by atoms with Crippen molar-refractivity contribution in [1.29, 1.82) is 0 Å². The van der Waals surface area contributed by atoms with Crippen molar-refractivity contribution >= 4 is 0 Å². The largest absolute Gasteiger partial charge is 0.0654 e. The van der Waals surface area contributed by atoms with Gasteiger partial charge in [0.05, 0.1) is 0 Å². The normalized spacial score (nSPS) is 12.4. The van der Waals surface area contributed by atoms with Gasteiger partial charge in [-0.25, -0.2) is 0 Å². The number of unbranched alkanes of at least 4 members (excludes halogenated alkanes) is 57. The van der Waals surface area contributed by atoms with E-state index in [1.165, 1.54) is 417 Å². The van der Waals surface area contributed by atoms with Crippen molar-refractivity contribution in [2.75, 3.05) is 0 Å². The molecule has 0 spiro atoms. The lowest BCUT2D eigenvalue weighted by Gasteiger charge is -2.64. The van der Waals surface area contributed by atoms with E-state index in [0.29, 0.717) is 16.2 Å². The van der Waals surface area contributed by atoms with Gasteiger partial charge in [-0.1, -0.05) is 473 Å². The van der Waals surface area contributed by atoms with Crippen LogP contribution in [0.1, 0.15) is 524 Å². The number of rotatable bonds is 75. The summed E-state index contributed by atoms with van der Waals surface area (Å²) in [5.41, 5.74) is 1.44. The minimum atomic E-state index is 0.468. The molecule has 0 aromatic carbocycles. The second-order valence-electron chi connectivity index (χ2n) is 29.8. The quantitative estimate of drug-likeness (QED) is 0.0533. The van der Waals surface area contributed by atoms with Gasteiger partial charge in [0.1, 0.15) is 0 Å². The molecule has 0 heterocycles. The Kier molecular flexibility index (Phi) is 67.4. The Balaban J connectivity index is 8.43. The summed E-state index contributed by atoms with van der Waals surface area (Å²) in [5, 5.41) is 0. The van der Waals surface area contributed by atoms with Crippen LogP contribution in [0.3, 0.4) is 0 Å². The zero-order chi connectivity index (χ0) is 61.1. The van der Waals surface area contributed by atoms with Gasteiger partial charge in [-0.05, 0) is 67.6 Å². The van der Waals surface area contributed by atoms with E-state index in [2.05, 4.69) is 55.4 Å². The van der Waals surface area contributed by atoms with Gasteiger partial charge >= 0.3 is 0 Å². The van der Waals surface area contributed by atoms with E-state index in [-0.39, 0.29) is 0 Å². The average molecular weight is 1180 g/mol. The van der Waals surface area contributed by atoms with Crippen LogP contribution in [0.2, 0.25) is 0 Å². The molecular weight excluding hydrogens is 1010 g/mol. The first-order valence-corrected chi connectivity index (χ1v) is 41.5. The Morgan fingerprint density at radius 3 is 0.321 bits per heavy atom. The van der Waals surface area contributed by atoms with Gasteiger partial charge in [-0.15, -0.1) is 0 Å². The average Bonchev–Trinajstić information content (AvgIpc) is 1.03. The van der Waals surface area contributed by atoms with Crippen LogP contribution in [-0.4, -0.2) is 0 Å². The van der Waals surface area contributed by atoms with Gasteiger partial charge in [0.15, 0.2) is 0 Å². The summed E-state index contributed by atoms with van der Waals surface area (Å²) in [6.07, 6.45) is 109. The van der Waals surface area contributed by atoms with Crippen molar-refractivity contribution in [3.63, 3.8) is 0 Å². The summed E-state index contributed by atoms with van der Waals surface area (Å²) in [6, 6.07) is 0. The summed E-state index contributed by atoms with van der Waals surface area (Å²) in [4.78, 5) is 0. The molecule has 0 nitrogen and oxygen atoms in total. The molecule has 0 aliphatic carbocycles. The zero-order valence-corrected chi connectivity index (χ0v) is 61.1. The van der Waals surface area contributed by atoms with E-state index in [1.54, 1.807) is 51.4 Å². The van der Waals surface area contributed by atoms with Gasteiger partial charge < -0.3 is 0 Å². The van der Waals surface area contributed by atoms with Gasteiger partial charge in [0.25, 0.3) is 0 Å². The van der Waals surface area contributed by atoms with E-state index >= 15 is 0 Å². The Labute approximate surface area is 537 Å². The number of hydrogen-bond acceptors (Lipinski definition) is 0. The molecule has 0 fully saturated rings. The predicted molar refractivity (Wildman–Crippen MR) is 390 cm³/mol. The van der Waals surface area contributed by atoms with E-state index in [9.17, 15) is 0 Å². The van der Waals surface area contributed by atoms with Crippen LogP contribution in [0.15, 0.2) is 0 Å². The first-order chi connectivity index (χ1) is 41.5. The minimum absolute atomic E-state index is 0.468. The molecule has 0 unspecified atom stereocenters. The molecule has 0 saturated carbocycles. The SMILES string of the molecule is CCCCCCCCCCCC(CCCCCCCCCC)(CCCCCCCCCC)C(CCCCCCCCCC)(CCCCCCCCCC)C(CCCCCCCCCC)(CCCCCCCCCC)CCCCCCCCCC. The Morgan fingerprint density at radius 1 is 0.107 bits per heavy atom. The highest BCUT2D eigenvalue weighted by Gasteiger charge is 2.59. The molecular formula is C84H170. The maximum Gasteiger partial charge on any atom is -0.0184 e. The lowest BCUT2D eigenvalue weighted by atomic mass is 9.41. The van der Waals surface area contributed by atoms with Crippen molar-refractivity contribution in [2.24, 2.45) is 16.2 Å². The highest BCUT2D eigenvalue weighted by Crippen LogP contribution is 2.69. The molecule has 0 aromatic rings. The van der Waals surface area contributed by atoms with Crippen molar-refractivity contribution in [3.8, 4) is 0 Å². The van der Waals surface area contributed by atoms with Crippen molar-refractivity contribution in [1.82, 2.24) is 0 Å². The topological polar surface area (TPSA) is 0 Å². The molecule has 0 radical (unpaired) electrons. The summed E-state index contributed by atoms with van der Waals surface area (Å²) in [5.74, 6) is 0. The third kappa shape index (κ3) is 47.0. The molecule has 0 N–H and O–H groups in total. The van der Waals surface area contributed by atoms with Crippen LogP contribution in [0.4, 0.5) is 0 Å². The standard InChI is InChI=1S/C84H170/c1-9-17-25-33-41-49-55-63-71-79-83(77-69-61-53-45-37-29-21-13-5,78-70-62-54-46-38-30-22-14-6)84(80-72-64-56-47-39-31-23-15-7,81-73-65-57-48-40-32-24-16-8)82(74-66-58-50-42-34-26-18-10-2,75-67-59-51-43-35-27-19-11-3)76-68-60-52-44-36-28-20-12-4/h9-81H2,1-8H3. The fourth-order valence-corrected chi connectivity index (χ4v) is 16.8. The number of hydrogen-bond donors (Lipinski definition) is 0. The van der Waals surface area contributed by atoms with Crippen LogP contribution >= 0.6 is 0 Å². The Bertz CT molecular complexity index is 1090. The fraction of sp³-hybridized carbons (Fsp3) is 1.00. The Morgan fingerprint density at radius 2 is 0.202 bits per heavy atom. The third-order valence-electron chi connectivity index (χ3n) is 22.2. The summed E-state index contributed by atoms with van der Waals surface area (Å²) in [6.45, 7) is 19.3. The van der Waals surface area contributed by atoms with Gasteiger partial charge in [-0.3, -0.25) is 0 Å². The molecule has 506 valence electrons. The van der Waals surface area contributed by atoms with Crippen LogP contribution in [0.25, 0.3) is 0 Å². The van der Waals surface area contributed by atoms with Crippen LogP contribution in [-0.2, 0) is 0 Å². The molecule has 0 heteroatoms. The molecule has 0 aliphatic heterocycles. The van der Waals surface area contributed by atoms with E-state index < -0.39 is 0 Å². The van der Waals surface area contributed by atoms with E-state index in [4.69, 9.17) is 0 Å². The lowest BCUT2D eigenvalue weighted by Crippen LogP contribution is -2.54. The summed E-state index contributed by atoms with van der Waals surface area (Å²) in [7, 11) is 0. The monoisotopic (exact) mass is 1180 g/mol. The van der Waals surface area contributed by atoms with Crippen LogP contribution < -0.4 is 0 Å². The second-order valence-corrected chi connectivity index (χ2v) is 29.8. The molecule has 0 aliphatic rings. The first-order valence-electron chi connectivity index (χ1n) is 41.5. The molecule has 0 saturated heterocycles. The molecule has 84 heavy (non-hydrogen) atoms. The second kappa shape index (κ2) is 67.4. The van der Waals surface area contributed by atoms with Crippen LogP contribution in [0, 0.1) is 16.2 Å². The van der Waals surface area contributed by atoms with Crippen molar-refractivity contribution in [3.05, 3.63) is 0 Å². The van der Waals surface area contributed by atoms with Gasteiger partial charge in [0, 0.05) is 0 Å². The molecule has 0 atom stereocenters. The van der Waals surface area contributed by atoms with Crippen molar-refractivity contribution in [2.45, 2.75) is 524 Å².